The second-order valence-corrected chi connectivity index (χ2v) is 3.05. The summed E-state index contributed by atoms with van der Waals surface area (Å²) in [6, 6.07) is 9.65. The van der Waals surface area contributed by atoms with E-state index in [-0.39, 0.29) is 5.83 Å². The number of rotatable bonds is 3. The van der Waals surface area contributed by atoms with Crippen LogP contribution in [0.25, 0.3) is 5.57 Å². The standard InChI is InChI=1S/C13H15F/c1-3-8-13(14)12(4-2)11-9-6-5-7-10-11/h3,5-10H,4H2,1-2H3/b8-3-,13-12+. The van der Waals surface area contributed by atoms with Gasteiger partial charge in [0.05, 0.1) is 0 Å². The van der Waals surface area contributed by atoms with Gasteiger partial charge < -0.3 is 0 Å². The normalized spacial score (nSPS) is 13.1. The second kappa shape index (κ2) is 5.38. The topological polar surface area (TPSA) is 0 Å². The highest BCUT2D eigenvalue weighted by Gasteiger charge is 2.03. The van der Waals surface area contributed by atoms with Crippen LogP contribution in [0, 0.1) is 0 Å². The number of hydrogen-bond acceptors (Lipinski definition) is 0. The van der Waals surface area contributed by atoms with Gasteiger partial charge in [0.1, 0.15) is 5.83 Å². The molecule has 0 fully saturated rings. The molecule has 0 aliphatic rings. The molecule has 0 nitrogen and oxygen atoms in total. The van der Waals surface area contributed by atoms with Crippen LogP contribution in [0.1, 0.15) is 25.8 Å². The van der Waals surface area contributed by atoms with Gasteiger partial charge in [-0.3, -0.25) is 0 Å². The van der Waals surface area contributed by atoms with Gasteiger partial charge >= 0.3 is 0 Å². The predicted octanol–water partition coefficient (Wildman–Crippen LogP) is 4.35. The summed E-state index contributed by atoms with van der Waals surface area (Å²) in [5, 5.41) is 0. The van der Waals surface area contributed by atoms with E-state index in [1.807, 2.05) is 44.2 Å². The fourth-order valence-corrected chi connectivity index (χ4v) is 1.40. The van der Waals surface area contributed by atoms with Crippen LogP contribution in [-0.4, -0.2) is 0 Å². The first-order chi connectivity index (χ1) is 6.79. The van der Waals surface area contributed by atoms with Gasteiger partial charge in [-0.15, -0.1) is 0 Å². The highest BCUT2D eigenvalue weighted by atomic mass is 19.1. The molecule has 0 saturated carbocycles. The Labute approximate surface area is 84.8 Å². The zero-order valence-corrected chi connectivity index (χ0v) is 8.63. The van der Waals surface area contributed by atoms with E-state index in [2.05, 4.69) is 0 Å². The first-order valence-corrected chi connectivity index (χ1v) is 4.86. The Morgan fingerprint density at radius 3 is 2.43 bits per heavy atom. The molecule has 1 heteroatoms. The summed E-state index contributed by atoms with van der Waals surface area (Å²) in [4.78, 5) is 0. The third-order valence-corrected chi connectivity index (χ3v) is 2.08. The molecule has 0 bridgehead atoms. The van der Waals surface area contributed by atoms with Gasteiger partial charge in [0.25, 0.3) is 0 Å². The molecule has 1 aromatic carbocycles. The van der Waals surface area contributed by atoms with Crippen molar-refractivity contribution in [2.75, 3.05) is 0 Å². The molecule has 0 atom stereocenters. The van der Waals surface area contributed by atoms with Gasteiger partial charge in [0, 0.05) is 0 Å². The Hall–Kier alpha value is -1.37. The van der Waals surface area contributed by atoms with Gasteiger partial charge in [0.2, 0.25) is 0 Å². The highest BCUT2D eigenvalue weighted by molar-refractivity contribution is 5.68. The average molecular weight is 190 g/mol. The number of allylic oxidation sites excluding steroid dienone is 4. The van der Waals surface area contributed by atoms with Crippen molar-refractivity contribution in [3.63, 3.8) is 0 Å². The molecule has 0 heterocycles. The first-order valence-electron chi connectivity index (χ1n) is 4.86. The summed E-state index contributed by atoms with van der Waals surface area (Å²) >= 11 is 0. The van der Waals surface area contributed by atoms with Crippen LogP contribution in [0.5, 0.6) is 0 Å². The minimum Gasteiger partial charge on any atom is -0.207 e. The van der Waals surface area contributed by atoms with Crippen molar-refractivity contribution in [2.45, 2.75) is 20.3 Å². The van der Waals surface area contributed by atoms with Crippen molar-refractivity contribution in [3.8, 4) is 0 Å². The minimum atomic E-state index is -0.138. The first kappa shape index (κ1) is 10.7. The maximum absolute atomic E-state index is 13.5. The van der Waals surface area contributed by atoms with Crippen LogP contribution < -0.4 is 0 Å². The Morgan fingerprint density at radius 2 is 1.93 bits per heavy atom. The quantitative estimate of drug-likeness (QED) is 0.621. The molecule has 74 valence electrons. The number of halogens is 1. The maximum atomic E-state index is 13.5. The van der Waals surface area contributed by atoms with Crippen molar-refractivity contribution in [2.24, 2.45) is 0 Å². The lowest BCUT2D eigenvalue weighted by Crippen LogP contribution is -1.84. The summed E-state index contributed by atoms with van der Waals surface area (Å²) in [5.41, 5.74) is 1.73. The molecule has 0 saturated heterocycles. The zero-order valence-electron chi connectivity index (χ0n) is 8.63. The fraction of sp³-hybridized carbons (Fsp3) is 0.231. The van der Waals surface area contributed by atoms with Crippen LogP contribution in [0.3, 0.4) is 0 Å². The molecular formula is C13H15F. The molecular weight excluding hydrogens is 175 g/mol. The third-order valence-electron chi connectivity index (χ3n) is 2.08. The molecule has 0 amide bonds. The molecule has 1 aromatic rings. The molecule has 0 radical (unpaired) electrons. The van der Waals surface area contributed by atoms with Crippen molar-refractivity contribution >= 4 is 5.57 Å². The third kappa shape index (κ3) is 2.56. The summed E-state index contributed by atoms with van der Waals surface area (Å²) in [5.74, 6) is -0.138. The van der Waals surface area contributed by atoms with Crippen molar-refractivity contribution in [3.05, 3.63) is 53.9 Å². The van der Waals surface area contributed by atoms with E-state index in [1.54, 1.807) is 6.08 Å². The lowest BCUT2D eigenvalue weighted by Gasteiger charge is -2.04. The van der Waals surface area contributed by atoms with E-state index >= 15 is 0 Å². The van der Waals surface area contributed by atoms with E-state index in [1.165, 1.54) is 6.08 Å². The van der Waals surface area contributed by atoms with Gasteiger partial charge in [-0.25, -0.2) is 4.39 Å². The Balaban J connectivity index is 3.10. The fourth-order valence-electron chi connectivity index (χ4n) is 1.40. The van der Waals surface area contributed by atoms with Gasteiger partial charge in [-0.2, -0.15) is 0 Å². The maximum Gasteiger partial charge on any atom is 0.126 e. The van der Waals surface area contributed by atoms with Crippen LogP contribution >= 0.6 is 0 Å². The number of benzene rings is 1. The molecule has 1 rings (SSSR count). The lowest BCUT2D eigenvalue weighted by atomic mass is 10.0. The van der Waals surface area contributed by atoms with Crippen molar-refractivity contribution in [1.29, 1.82) is 0 Å². The van der Waals surface area contributed by atoms with Crippen LogP contribution in [0.15, 0.2) is 48.3 Å². The Morgan fingerprint density at radius 1 is 1.29 bits per heavy atom. The SMILES string of the molecule is C/C=C\C(F)=C(\CC)c1ccccc1. The highest BCUT2D eigenvalue weighted by Crippen LogP contribution is 2.23. The van der Waals surface area contributed by atoms with E-state index in [4.69, 9.17) is 0 Å². The molecule has 14 heavy (non-hydrogen) atoms. The van der Waals surface area contributed by atoms with Gasteiger partial charge in [0.15, 0.2) is 0 Å². The summed E-state index contributed by atoms with van der Waals surface area (Å²) in [6.07, 6.45) is 3.93. The van der Waals surface area contributed by atoms with Crippen molar-refractivity contribution < 1.29 is 4.39 Å². The van der Waals surface area contributed by atoms with Crippen LogP contribution in [0.2, 0.25) is 0 Å². The van der Waals surface area contributed by atoms with Crippen LogP contribution in [0.4, 0.5) is 4.39 Å². The molecule has 0 unspecified atom stereocenters. The van der Waals surface area contributed by atoms with Crippen molar-refractivity contribution in [1.82, 2.24) is 0 Å². The largest absolute Gasteiger partial charge is 0.207 e. The minimum absolute atomic E-state index is 0.138. The molecule has 0 aliphatic carbocycles. The Bertz CT molecular complexity index is 334. The predicted molar refractivity (Wildman–Crippen MR) is 59.6 cm³/mol. The second-order valence-electron chi connectivity index (χ2n) is 3.05. The molecule has 0 N–H and O–H groups in total. The van der Waals surface area contributed by atoms with E-state index in [9.17, 15) is 4.39 Å². The summed E-state index contributed by atoms with van der Waals surface area (Å²) < 4.78 is 13.5. The van der Waals surface area contributed by atoms with E-state index in [0.717, 1.165) is 11.1 Å². The average Bonchev–Trinajstić information content (AvgIpc) is 2.21. The van der Waals surface area contributed by atoms with Gasteiger partial charge in [-0.1, -0.05) is 43.3 Å². The Kier molecular flexibility index (Phi) is 4.11. The smallest absolute Gasteiger partial charge is 0.126 e. The summed E-state index contributed by atoms with van der Waals surface area (Å²) in [6.45, 7) is 3.78. The van der Waals surface area contributed by atoms with E-state index < -0.39 is 0 Å². The van der Waals surface area contributed by atoms with Crippen LogP contribution in [-0.2, 0) is 0 Å². The van der Waals surface area contributed by atoms with E-state index in [0.29, 0.717) is 6.42 Å². The lowest BCUT2D eigenvalue weighted by molar-refractivity contribution is 0.666. The van der Waals surface area contributed by atoms with Gasteiger partial charge in [-0.05, 0) is 30.6 Å². The molecule has 0 aliphatic heterocycles. The monoisotopic (exact) mass is 190 g/mol. The molecule has 0 spiro atoms. The summed E-state index contributed by atoms with van der Waals surface area (Å²) in [7, 11) is 0. The zero-order chi connectivity index (χ0) is 10.4. The molecule has 0 aromatic heterocycles. The number of hydrogen-bond donors (Lipinski definition) is 0.